The van der Waals surface area contributed by atoms with Gasteiger partial charge in [-0.2, -0.15) is 0 Å². The molecule has 0 atom stereocenters. The van der Waals surface area contributed by atoms with Crippen LogP contribution in [0.1, 0.15) is 33.6 Å². The molecule has 0 amide bonds. The zero-order valence-corrected chi connectivity index (χ0v) is 12.3. The molecule has 1 aromatic carbocycles. The van der Waals surface area contributed by atoms with Crippen LogP contribution in [0.3, 0.4) is 0 Å². The number of aliphatic imine (C=N–C) groups is 1. The standard InChI is InChI=1S/C15H26N4/c1-4-13(5-2)12-19(6-3)15(18-16)17-14-10-8-7-9-11-14/h7-11,13H,4-6,12,16H2,1-3H3,(H,17,18). The van der Waals surface area contributed by atoms with Gasteiger partial charge in [-0.15, -0.1) is 0 Å². The molecular formula is C15H26N4. The van der Waals surface area contributed by atoms with Crippen molar-refractivity contribution >= 4 is 11.6 Å². The van der Waals surface area contributed by atoms with E-state index in [1.165, 1.54) is 12.8 Å². The summed E-state index contributed by atoms with van der Waals surface area (Å²) in [4.78, 5) is 6.78. The van der Waals surface area contributed by atoms with Gasteiger partial charge in [0.25, 0.3) is 0 Å². The molecule has 0 saturated carbocycles. The second-order valence-electron chi connectivity index (χ2n) is 4.64. The first-order valence-electron chi connectivity index (χ1n) is 7.10. The lowest BCUT2D eigenvalue weighted by Gasteiger charge is -2.27. The second-order valence-corrected chi connectivity index (χ2v) is 4.64. The average Bonchev–Trinajstić information content (AvgIpc) is 2.48. The lowest BCUT2D eigenvalue weighted by Crippen LogP contribution is -2.46. The van der Waals surface area contributed by atoms with Crippen molar-refractivity contribution in [2.45, 2.75) is 33.6 Å². The van der Waals surface area contributed by atoms with Crippen LogP contribution in [0.15, 0.2) is 35.3 Å². The Morgan fingerprint density at radius 3 is 2.32 bits per heavy atom. The minimum absolute atomic E-state index is 0.675. The van der Waals surface area contributed by atoms with Crippen LogP contribution in [0.5, 0.6) is 0 Å². The molecule has 1 aromatic rings. The summed E-state index contributed by atoms with van der Waals surface area (Å²) in [7, 11) is 0. The number of nitrogens with one attached hydrogen (secondary N) is 1. The third kappa shape index (κ3) is 4.91. The van der Waals surface area contributed by atoms with Gasteiger partial charge in [-0.1, -0.05) is 44.9 Å². The smallest absolute Gasteiger partial charge is 0.213 e. The van der Waals surface area contributed by atoms with Crippen LogP contribution in [0.4, 0.5) is 5.69 Å². The molecular weight excluding hydrogens is 236 g/mol. The Bertz CT molecular complexity index is 371. The van der Waals surface area contributed by atoms with Gasteiger partial charge in [0, 0.05) is 13.1 Å². The summed E-state index contributed by atoms with van der Waals surface area (Å²) in [6.45, 7) is 8.46. The van der Waals surface area contributed by atoms with Crippen molar-refractivity contribution in [3.63, 3.8) is 0 Å². The SMILES string of the molecule is CCC(CC)CN(CC)C(=Nc1ccccc1)NN. The zero-order valence-electron chi connectivity index (χ0n) is 12.3. The van der Waals surface area contributed by atoms with Gasteiger partial charge < -0.3 is 4.90 Å². The average molecular weight is 262 g/mol. The third-order valence-electron chi connectivity index (χ3n) is 3.43. The van der Waals surface area contributed by atoms with Crippen LogP contribution < -0.4 is 11.3 Å². The molecule has 4 heteroatoms. The van der Waals surface area contributed by atoms with Gasteiger partial charge >= 0.3 is 0 Å². The molecule has 0 aromatic heterocycles. The molecule has 0 bridgehead atoms. The molecule has 19 heavy (non-hydrogen) atoms. The van der Waals surface area contributed by atoms with Crippen LogP contribution in [0, 0.1) is 5.92 Å². The van der Waals surface area contributed by atoms with E-state index in [1.54, 1.807) is 0 Å². The molecule has 0 fully saturated rings. The largest absolute Gasteiger partial charge is 0.342 e. The lowest BCUT2D eigenvalue weighted by atomic mass is 10.0. The molecule has 0 aliphatic heterocycles. The topological polar surface area (TPSA) is 53.6 Å². The predicted molar refractivity (Wildman–Crippen MR) is 82.2 cm³/mol. The van der Waals surface area contributed by atoms with Crippen LogP contribution in [-0.4, -0.2) is 23.9 Å². The van der Waals surface area contributed by atoms with E-state index >= 15 is 0 Å². The van der Waals surface area contributed by atoms with E-state index < -0.39 is 0 Å². The number of benzene rings is 1. The lowest BCUT2D eigenvalue weighted by molar-refractivity contribution is 0.327. The highest BCUT2D eigenvalue weighted by molar-refractivity contribution is 5.82. The van der Waals surface area contributed by atoms with Crippen molar-refractivity contribution in [3.05, 3.63) is 30.3 Å². The molecule has 0 aliphatic rings. The molecule has 0 aliphatic carbocycles. The van der Waals surface area contributed by atoms with Crippen molar-refractivity contribution in [2.75, 3.05) is 13.1 Å². The van der Waals surface area contributed by atoms with Gasteiger partial charge in [-0.3, -0.25) is 5.43 Å². The maximum Gasteiger partial charge on any atom is 0.213 e. The maximum absolute atomic E-state index is 5.63. The van der Waals surface area contributed by atoms with Crippen molar-refractivity contribution in [1.82, 2.24) is 10.3 Å². The van der Waals surface area contributed by atoms with E-state index in [0.29, 0.717) is 5.92 Å². The molecule has 106 valence electrons. The van der Waals surface area contributed by atoms with Crippen LogP contribution in [0.2, 0.25) is 0 Å². The number of rotatable bonds is 6. The summed E-state index contributed by atoms with van der Waals surface area (Å²) in [6.07, 6.45) is 2.35. The molecule has 3 N–H and O–H groups in total. The minimum Gasteiger partial charge on any atom is -0.342 e. The number of hydrazine groups is 1. The highest BCUT2D eigenvalue weighted by Gasteiger charge is 2.13. The molecule has 1 rings (SSSR count). The first kappa shape index (κ1) is 15.5. The monoisotopic (exact) mass is 262 g/mol. The van der Waals surface area contributed by atoms with Crippen molar-refractivity contribution in [3.8, 4) is 0 Å². The number of nitrogens with two attached hydrogens (primary N) is 1. The fourth-order valence-corrected chi connectivity index (χ4v) is 2.04. The first-order valence-corrected chi connectivity index (χ1v) is 7.10. The summed E-state index contributed by atoms with van der Waals surface area (Å²) < 4.78 is 0. The zero-order chi connectivity index (χ0) is 14.1. The predicted octanol–water partition coefficient (Wildman–Crippen LogP) is 2.90. The van der Waals surface area contributed by atoms with E-state index in [4.69, 9.17) is 5.84 Å². The van der Waals surface area contributed by atoms with Crippen molar-refractivity contribution in [2.24, 2.45) is 16.8 Å². The molecule has 0 heterocycles. The van der Waals surface area contributed by atoms with E-state index in [2.05, 4.69) is 36.1 Å². The van der Waals surface area contributed by atoms with Crippen LogP contribution in [0.25, 0.3) is 0 Å². The van der Waals surface area contributed by atoms with E-state index in [1.807, 2.05) is 30.3 Å². The van der Waals surface area contributed by atoms with Crippen molar-refractivity contribution in [1.29, 1.82) is 0 Å². The quantitative estimate of drug-likeness (QED) is 0.359. The van der Waals surface area contributed by atoms with Gasteiger partial charge in [0.15, 0.2) is 0 Å². The number of para-hydroxylation sites is 1. The summed E-state index contributed by atoms with van der Waals surface area (Å²) >= 11 is 0. The third-order valence-corrected chi connectivity index (χ3v) is 3.43. The number of hydrogen-bond acceptors (Lipinski definition) is 2. The Labute approximate surface area is 116 Å². The van der Waals surface area contributed by atoms with Gasteiger partial charge in [0.05, 0.1) is 5.69 Å². The molecule has 4 nitrogen and oxygen atoms in total. The van der Waals surface area contributed by atoms with Crippen LogP contribution >= 0.6 is 0 Å². The molecule has 0 saturated heterocycles. The van der Waals surface area contributed by atoms with E-state index in [9.17, 15) is 0 Å². The Hall–Kier alpha value is -1.55. The van der Waals surface area contributed by atoms with E-state index in [0.717, 1.165) is 24.7 Å². The first-order chi connectivity index (χ1) is 9.24. The second kappa shape index (κ2) is 8.53. The summed E-state index contributed by atoms with van der Waals surface area (Å²) in [5.41, 5.74) is 3.65. The van der Waals surface area contributed by atoms with Crippen LogP contribution in [-0.2, 0) is 0 Å². The Balaban J connectivity index is 2.83. The van der Waals surface area contributed by atoms with Gasteiger partial charge in [0.1, 0.15) is 0 Å². The highest BCUT2D eigenvalue weighted by atomic mass is 15.4. The summed E-state index contributed by atoms with van der Waals surface area (Å²) in [5.74, 6) is 7.05. The fraction of sp³-hybridized carbons (Fsp3) is 0.533. The summed E-state index contributed by atoms with van der Waals surface area (Å²) in [6, 6.07) is 9.88. The van der Waals surface area contributed by atoms with Gasteiger partial charge in [-0.25, -0.2) is 10.8 Å². The fourth-order valence-electron chi connectivity index (χ4n) is 2.04. The normalized spacial score (nSPS) is 11.7. The highest BCUT2D eigenvalue weighted by Crippen LogP contribution is 2.13. The molecule has 0 radical (unpaired) electrons. The van der Waals surface area contributed by atoms with Crippen molar-refractivity contribution < 1.29 is 0 Å². The number of nitrogens with zero attached hydrogens (tertiary/aromatic N) is 2. The Kier molecular flexibility index (Phi) is 6.97. The maximum atomic E-state index is 5.63. The van der Waals surface area contributed by atoms with Gasteiger partial charge in [-0.05, 0) is 25.0 Å². The number of hydrogen-bond donors (Lipinski definition) is 2. The summed E-state index contributed by atoms with van der Waals surface area (Å²) in [5, 5.41) is 0. The minimum atomic E-state index is 0.675. The molecule has 0 spiro atoms. The Morgan fingerprint density at radius 2 is 1.84 bits per heavy atom. The van der Waals surface area contributed by atoms with Gasteiger partial charge in [0.2, 0.25) is 5.96 Å². The van der Waals surface area contributed by atoms with E-state index in [-0.39, 0.29) is 0 Å². The Morgan fingerprint density at radius 1 is 1.21 bits per heavy atom. The number of guanidine groups is 1. The molecule has 0 unspecified atom stereocenters.